The molecule has 0 aliphatic heterocycles. The molecular weight excluding hydrogens is 260 g/mol. The summed E-state index contributed by atoms with van der Waals surface area (Å²) in [6, 6.07) is 6.77. The lowest BCUT2D eigenvalue weighted by molar-refractivity contribution is 0.660. The standard InChI is InChI=1S/C10H9ClN4OS/c1-17-10-13-9(16)8(14-15(10)12)6-2-4-7(11)5-3-6/h2-5H,12H2,1H3. The predicted molar refractivity (Wildman–Crippen MR) is 68.7 cm³/mol. The Morgan fingerprint density at radius 3 is 2.59 bits per heavy atom. The molecule has 0 bridgehead atoms. The number of thioether (sulfide) groups is 1. The second-order valence-corrected chi connectivity index (χ2v) is 4.41. The molecule has 17 heavy (non-hydrogen) atoms. The third kappa shape index (κ3) is 2.42. The highest BCUT2D eigenvalue weighted by Crippen LogP contribution is 2.17. The van der Waals surface area contributed by atoms with E-state index in [1.807, 2.05) is 0 Å². The number of benzene rings is 1. The fourth-order valence-corrected chi connectivity index (χ4v) is 1.84. The molecule has 0 saturated heterocycles. The van der Waals surface area contributed by atoms with Crippen LogP contribution in [0.5, 0.6) is 0 Å². The van der Waals surface area contributed by atoms with E-state index in [-0.39, 0.29) is 5.69 Å². The van der Waals surface area contributed by atoms with Gasteiger partial charge in [-0.3, -0.25) is 4.79 Å². The lowest BCUT2D eigenvalue weighted by atomic mass is 10.2. The third-order valence-corrected chi connectivity index (χ3v) is 3.00. The molecule has 0 unspecified atom stereocenters. The van der Waals surface area contributed by atoms with Gasteiger partial charge in [-0.2, -0.15) is 9.77 Å². The highest BCUT2D eigenvalue weighted by Gasteiger charge is 2.10. The summed E-state index contributed by atoms with van der Waals surface area (Å²) in [7, 11) is 0. The van der Waals surface area contributed by atoms with E-state index < -0.39 is 5.56 Å². The fraction of sp³-hybridized carbons (Fsp3) is 0.100. The van der Waals surface area contributed by atoms with Gasteiger partial charge >= 0.3 is 5.56 Å². The summed E-state index contributed by atoms with van der Waals surface area (Å²) >= 11 is 7.03. The van der Waals surface area contributed by atoms with Crippen LogP contribution in [0.4, 0.5) is 0 Å². The zero-order chi connectivity index (χ0) is 12.4. The van der Waals surface area contributed by atoms with Gasteiger partial charge in [-0.25, -0.2) is 0 Å². The average Bonchev–Trinajstić information content (AvgIpc) is 2.33. The van der Waals surface area contributed by atoms with Gasteiger partial charge in [0.1, 0.15) is 0 Å². The van der Waals surface area contributed by atoms with Crippen molar-refractivity contribution in [2.75, 3.05) is 12.1 Å². The highest BCUT2D eigenvalue weighted by molar-refractivity contribution is 7.98. The maximum atomic E-state index is 11.7. The Balaban J connectivity index is 2.56. The Kier molecular flexibility index (Phi) is 3.35. The highest BCUT2D eigenvalue weighted by atomic mass is 35.5. The molecule has 1 aromatic heterocycles. The minimum absolute atomic E-state index is 0.210. The molecular formula is C10H9ClN4OS. The van der Waals surface area contributed by atoms with Gasteiger partial charge in [-0.1, -0.05) is 35.5 Å². The molecule has 0 aliphatic rings. The molecule has 0 saturated carbocycles. The Bertz CT molecular complexity index is 596. The van der Waals surface area contributed by atoms with Crippen LogP contribution >= 0.6 is 23.4 Å². The first kappa shape index (κ1) is 11.9. The normalized spacial score (nSPS) is 10.5. The monoisotopic (exact) mass is 268 g/mol. The van der Waals surface area contributed by atoms with Crippen LogP contribution in [0.2, 0.25) is 5.02 Å². The summed E-state index contributed by atoms with van der Waals surface area (Å²) in [5.74, 6) is 5.63. The molecule has 2 N–H and O–H groups in total. The van der Waals surface area contributed by atoms with Crippen LogP contribution in [0.25, 0.3) is 11.3 Å². The Morgan fingerprint density at radius 2 is 2.00 bits per heavy atom. The van der Waals surface area contributed by atoms with Crippen LogP contribution < -0.4 is 11.4 Å². The van der Waals surface area contributed by atoms with E-state index >= 15 is 0 Å². The quantitative estimate of drug-likeness (QED) is 0.658. The number of rotatable bonds is 2. The van der Waals surface area contributed by atoms with Crippen LogP contribution in [0.1, 0.15) is 0 Å². The summed E-state index contributed by atoms with van der Waals surface area (Å²) in [4.78, 5) is 16.7. The Hall–Kier alpha value is -1.53. The fourth-order valence-electron chi connectivity index (χ4n) is 1.31. The van der Waals surface area contributed by atoms with Crippen LogP contribution in [0.15, 0.2) is 34.2 Å². The lowest BCUT2D eigenvalue weighted by Crippen LogP contribution is -2.25. The zero-order valence-corrected chi connectivity index (χ0v) is 10.5. The van der Waals surface area contributed by atoms with Crippen LogP contribution in [-0.2, 0) is 0 Å². The van der Waals surface area contributed by atoms with Gasteiger partial charge in [0.25, 0.3) is 0 Å². The zero-order valence-electron chi connectivity index (χ0n) is 8.92. The number of aromatic nitrogens is 3. The number of hydrogen-bond acceptors (Lipinski definition) is 5. The molecule has 1 aromatic carbocycles. The smallest absolute Gasteiger partial charge is 0.300 e. The summed E-state index contributed by atoms with van der Waals surface area (Å²) in [6.45, 7) is 0. The van der Waals surface area contributed by atoms with Crippen molar-refractivity contribution >= 4 is 23.4 Å². The molecule has 0 atom stereocenters. The van der Waals surface area contributed by atoms with E-state index in [1.165, 1.54) is 11.8 Å². The minimum atomic E-state index is -0.404. The van der Waals surface area contributed by atoms with Crippen molar-refractivity contribution in [3.8, 4) is 11.3 Å². The number of nitrogens with zero attached hydrogens (tertiary/aromatic N) is 3. The van der Waals surface area contributed by atoms with Crippen LogP contribution in [-0.4, -0.2) is 21.1 Å². The summed E-state index contributed by atoms with van der Waals surface area (Å²) < 4.78 is 0. The summed E-state index contributed by atoms with van der Waals surface area (Å²) in [5, 5.41) is 4.96. The molecule has 0 aliphatic carbocycles. The predicted octanol–water partition coefficient (Wildman–Crippen LogP) is 1.39. The topological polar surface area (TPSA) is 73.8 Å². The molecule has 1 heterocycles. The SMILES string of the molecule is CSc1nc(=O)c(-c2ccc(Cl)cc2)nn1N. The van der Waals surface area contributed by atoms with E-state index in [0.717, 1.165) is 4.79 Å². The molecule has 0 fully saturated rings. The molecule has 88 valence electrons. The molecule has 7 heteroatoms. The largest absolute Gasteiger partial charge is 0.321 e. The summed E-state index contributed by atoms with van der Waals surface area (Å²) in [6.07, 6.45) is 1.77. The van der Waals surface area contributed by atoms with E-state index in [4.69, 9.17) is 17.4 Å². The number of nitrogen functional groups attached to an aromatic ring is 1. The van der Waals surface area contributed by atoms with Crippen molar-refractivity contribution in [1.29, 1.82) is 0 Å². The van der Waals surface area contributed by atoms with Gasteiger partial charge in [0.15, 0.2) is 5.69 Å². The van der Waals surface area contributed by atoms with Crippen molar-refractivity contribution in [1.82, 2.24) is 14.9 Å². The molecule has 5 nitrogen and oxygen atoms in total. The Morgan fingerprint density at radius 1 is 1.35 bits per heavy atom. The molecule has 0 amide bonds. The first-order chi connectivity index (χ1) is 8.11. The van der Waals surface area contributed by atoms with Crippen molar-refractivity contribution < 1.29 is 0 Å². The third-order valence-electron chi connectivity index (χ3n) is 2.10. The van der Waals surface area contributed by atoms with Gasteiger partial charge in [0.05, 0.1) is 0 Å². The van der Waals surface area contributed by atoms with E-state index in [2.05, 4.69) is 10.1 Å². The van der Waals surface area contributed by atoms with Gasteiger partial charge in [0.2, 0.25) is 5.16 Å². The number of nitrogens with two attached hydrogens (primary N) is 1. The maximum Gasteiger partial charge on any atom is 0.300 e. The first-order valence-electron chi connectivity index (χ1n) is 4.68. The van der Waals surface area contributed by atoms with Crippen LogP contribution in [0.3, 0.4) is 0 Å². The molecule has 2 rings (SSSR count). The molecule has 2 aromatic rings. The van der Waals surface area contributed by atoms with Crippen LogP contribution in [0, 0.1) is 0 Å². The first-order valence-corrected chi connectivity index (χ1v) is 6.28. The van der Waals surface area contributed by atoms with Gasteiger partial charge in [-0.15, -0.1) is 5.10 Å². The van der Waals surface area contributed by atoms with Crippen molar-refractivity contribution in [3.63, 3.8) is 0 Å². The average molecular weight is 269 g/mol. The number of halogens is 1. The molecule has 0 radical (unpaired) electrons. The van der Waals surface area contributed by atoms with Gasteiger partial charge in [-0.05, 0) is 18.4 Å². The minimum Gasteiger partial charge on any atom is -0.321 e. The summed E-state index contributed by atoms with van der Waals surface area (Å²) in [5.41, 5.74) is 0.444. The Labute approximate surface area is 107 Å². The maximum absolute atomic E-state index is 11.7. The van der Waals surface area contributed by atoms with E-state index in [1.54, 1.807) is 30.5 Å². The van der Waals surface area contributed by atoms with E-state index in [0.29, 0.717) is 15.7 Å². The molecule has 0 spiro atoms. The second kappa shape index (κ2) is 4.77. The van der Waals surface area contributed by atoms with Crippen molar-refractivity contribution in [3.05, 3.63) is 39.6 Å². The van der Waals surface area contributed by atoms with E-state index in [9.17, 15) is 4.79 Å². The van der Waals surface area contributed by atoms with Gasteiger partial charge in [0, 0.05) is 10.6 Å². The van der Waals surface area contributed by atoms with Gasteiger partial charge < -0.3 is 5.84 Å². The number of hydrogen-bond donors (Lipinski definition) is 1. The van der Waals surface area contributed by atoms with Crippen molar-refractivity contribution in [2.24, 2.45) is 0 Å². The van der Waals surface area contributed by atoms with Crippen molar-refractivity contribution in [2.45, 2.75) is 5.16 Å². The lowest BCUT2D eigenvalue weighted by Gasteiger charge is -2.05. The second-order valence-electron chi connectivity index (χ2n) is 3.20.